The third kappa shape index (κ3) is 4.25. The van der Waals surface area contributed by atoms with Crippen LogP contribution < -0.4 is 0 Å². The number of para-hydroxylation sites is 1. The van der Waals surface area contributed by atoms with E-state index in [1.165, 1.54) is 0 Å². The first-order valence-electron chi connectivity index (χ1n) is 14.9. The number of hydrogen-bond acceptors (Lipinski definition) is 5. The largest absolute Gasteiger partial charge is 0.438 e. The summed E-state index contributed by atoms with van der Waals surface area (Å²) < 4.78 is 6.30. The third-order valence-electron chi connectivity index (χ3n) is 8.35. The average molecular weight is 577 g/mol. The van der Waals surface area contributed by atoms with Crippen LogP contribution in [0.25, 0.3) is 89.0 Å². The zero-order valence-corrected chi connectivity index (χ0v) is 24.1. The number of fused-ring (bicyclic) bond motifs is 5. The number of nitrogens with zero attached hydrogens (tertiary/aromatic N) is 4. The van der Waals surface area contributed by atoms with Crippen LogP contribution in [0.2, 0.25) is 0 Å². The molecule has 5 heteroatoms. The predicted molar refractivity (Wildman–Crippen MR) is 182 cm³/mol. The average Bonchev–Trinajstić information content (AvgIpc) is 3.48. The lowest BCUT2D eigenvalue weighted by Gasteiger charge is -2.13. The summed E-state index contributed by atoms with van der Waals surface area (Å²) in [6.45, 7) is 0. The van der Waals surface area contributed by atoms with Crippen LogP contribution in [0.4, 0.5) is 0 Å². The van der Waals surface area contributed by atoms with E-state index in [1.54, 1.807) is 0 Å². The topological polar surface area (TPSA) is 64.7 Å². The normalized spacial score (nSPS) is 11.6. The first-order chi connectivity index (χ1) is 22.3. The van der Waals surface area contributed by atoms with Crippen molar-refractivity contribution < 1.29 is 4.42 Å². The third-order valence-corrected chi connectivity index (χ3v) is 8.35. The fourth-order valence-corrected chi connectivity index (χ4v) is 6.24. The van der Waals surface area contributed by atoms with Crippen molar-refractivity contribution in [2.45, 2.75) is 0 Å². The first-order valence-corrected chi connectivity index (χ1v) is 14.9. The molecule has 0 aliphatic heterocycles. The maximum absolute atomic E-state index is 6.30. The molecule has 3 heterocycles. The Morgan fingerprint density at radius 3 is 1.73 bits per heavy atom. The molecule has 0 spiro atoms. The highest BCUT2D eigenvalue weighted by Gasteiger charge is 2.19. The maximum atomic E-state index is 6.30. The van der Waals surface area contributed by atoms with Crippen molar-refractivity contribution in [3.8, 4) is 45.3 Å². The summed E-state index contributed by atoms with van der Waals surface area (Å²) in [7, 11) is 0. The van der Waals surface area contributed by atoms with Gasteiger partial charge in [0.25, 0.3) is 0 Å². The summed E-state index contributed by atoms with van der Waals surface area (Å²) in [5, 5.41) is 5.31. The number of furan rings is 1. The van der Waals surface area contributed by atoms with Crippen LogP contribution in [0.15, 0.2) is 150 Å². The van der Waals surface area contributed by atoms with Crippen LogP contribution in [0.5, 0.6) is 0 Å². The van der Waals surface area contributed by atoms with E-state index in [4.69, 9.17) is 24.4 Å². The second-order valence-electron chi connectivity index (χ2n) is 11.1. The molecule has 0 fully saturated rings. The summed E-state index contributed by atoms with van der Waals surface area (Å²) in [6, 6.07) is 49.5. The van der Waals surface area contributed by atoms with E-state index in [1.807, 2.05) is 91.0 Å². The Balaban J connectivity index is 1.28. The molecule has 0 aliphatic carbocycles. The fraction of sp³-hybridized carbons (Fsp3) is 0. The van der Waals surface area contributed by atoms with Gasteiger partial charge in [-0.1, -0.05) is 121 Å². The van der Waals surface area contributed by atoms with E-state index in [0.717, 1.165) is 65.8 Å². The lowest BCUT2D eigenvalue weighted by Crippen LogP contribution is -2.00. The van der Waals surface area contributed by atoms with Crippen molar-refractivity contribution in [3.63, 3.8) is 0 Å². The van der Waals surface area contributed by atoms with Gasteiger partial charge in [-0.05, 0) is 46.2 Å². The molecule has 5 nitrogen and oxygen atoms in total. The Bertz CT molecular complexity index is 2480. The van der Waals surface area contributed by atoms with E-state index in [0.29, 0.717) is 23.2 Å². The highest BCUT2D eigenvalue weighted by atomic mass is 16.3. The Labute approximate surface area is 258 Å². The minimum atomic E-state index is 0.632. The van der Waals surface area contributed by atoms with Gasteiger partial charge >= 0.3 is 0 Å². The Morgan fingerprint density at radius 2 is 1.00 bits per heavy atom. The van der Waals surface area contributed by atoms with Crippen LogP contribution in [0, 0.1) is 0 Å². The van der Waals surface area contributed by atoms with Crippen LogP contribution in [0.1, 0.15) is 0 Å². The number of pyridine rings is 1. The van der Waals surface area contributed by atoms with Crippen molar-refractivity contribution in [2.24, 2.45) is 0 Å². The monoisotopic (exact) mass is 576 g/mol. The molecule has 3 aromatic heterocycles. The molecule has 0 aliphatic rings. The fourth-order valence-electron chi connectivity index (χ4n) is 6.24. The van der Waals surface area contributed by atoms with E-state index in [2.05, 4.69) is 54.6 Å². The van der Waals surface area contributed by atoms with Gasteiger partial charge in [0.1, 0.15) is 5.58 Å². The lowest BCUT2D eigenvalue weighted by molar-refractivity contribution is 0.656. The molecule has 9 rings (SSSR count). The maximum Gasteiger partial charge on any atom is 0.227 e. The van der Waals surface area contributed by atoms with E-state index < -0.39 is 0 Å². The Morgan fingerprint density at radius 1 is 0.400 bits per heavy atom. The molecule has 9 aromatic rings. The summed E-state index contributed by atoms with van der Waals surface area (Å²) in [5.41, 5.74) is 7.41. The number of aromatic nitrogens is 4. The second-order valence-corrected chi connectivity index (χ2v) is 11.1. The van der Waals surface area contributed by atoms with Gasteiger partial charge < -0.3 is 4.42 Å². The molecule has 45 heavy (non-hydrogen) atoms. The molecule has 0 amide bonds. The minimum absolute atomic E-state index is 0.632. The first kappa shape index (κ1) is 25.3. The summed E-state index contributed by atoms with van der Waals surface area (Å²) in [5.74, 6) is 1.91. The standard InChI is InChI=1S/C40H24N4O/c1-3-12-25(13-4-1)37-42-38(26-14-5-2-6-15-26)44-39(43-37)32-23-22-30(28-17-8-9-18-29(28)32)31-19-11-21-35-36(31)33-24-27-16-7-10-20-34(27)41-40(33)45-35/h1-24H. The van der Waals surface area contributed by atoms with E-state index in [-0.39, 0.29) is 0 Å². The van der Waals surface area contributed by atoms with Gasteiger partial charge in [0.15, 0.2) is 17.5 Å². The van der Waals surface area contributed by atoms with Gasteiger partial charge in [-0.25, -0.2) is 19.9 Å². The number of rotatable bonds is 4. The van der Waals surface area contributed by atoms with Crippen molar-refractivity contribution >= 4 is 43.7 Å². The zero-order chi connectivity index (χ0) is 29.7. The zero-order valence-electron chi connectivity index (χ0n) is 24.1. The van der Waals surface area contributed by atoms with Crippen molar-refractivity contribution in [2.75, 3.05) is 0 Å². The molecule has 0 saturated heterocycles. The Hall–Kier alpha value is -6.20. The summed E-state index contributed by atoms with van der Waals surface area (Å²) in [6.07, 6.45) is 0. The molecule has 0 bridgehead atoms. The molecule has 0 atom stereocenters. The highest BCUT2D eigenvalue weighted by Crippen LogP contribution is 2.41. The second kappa shape index (κ2) is 10.2. The van der Waals surface area contributed by atoms with E-state index >= 15 is 0 Å². The number of benzene rings is 6. The van der Waals surface area contributed by atoms with Crippen LogP contribution in [0.3, 0.4) is 0 Å². The van der Waals surface area contributed by atoms with Gasteiger partial charge in [0.05, 0.1) is 5.52 Å². The molecule has 210 valence electrons. The van der Waals surface area contributed by atoms with Crippen LogP contribution in [-0.2, 0) is 0 Å². The van der Waals surface area contributed by atoms with Gasteiger partial charge in [0, 0.05) is 32.8 Å². The highest BCUT2D eigenvalue weighted by molar-refractivity contribution is 6.17. The van der Waals surface area contributed by atoms with Gasteiger partial charge in [-0.15, -0.1) is 0 Å². The molecule has 0 N–H and O–H groups in total. The summed E-state index contributed by atoms with van der Waals surface area (Å²) >= 11 is 0. The molecule has 0 unspecified atom stereocenters. The Kier molecular flexibility index (Phi) is 5.74. The van der Waals surface area contributed by atoms with Gasteiger partial charge in [0.2, 0.25) is 5.71 Å². The summed E-state index contributed by atoms with van der Waals surface area (Å²) in [4.78, 5) is 19.8. The number of hydrogen-bond donors (Lipinski definition) is 0. The van der Waals surface area contributed by atoms with Crippen molar-refractivity contribution in [1.29, 1.82) is 0 Å². The molecular formula is C40H24N4O. The lowest BCUT2D eigenvalue weighted by atomic mass is 9.92. The van der Waals surface area contributed by atoms with Crippen molar-refractivity contribution in [3.05, 3.63) is 146 Å². The van der Waals surface area contributed by atoms with Crippen LogP contribution in [-0.4, -0.2) is 19.9 Å². The van der Waals surface area contributed by atoms with E-state index in [9.17, 15) is 0 Å². The molecule has 0 radical (unpaired) electrons. The SMILES string of the molecule is c1ccc(-c2nc(-c3ccccc3)nc(-c3ccc(-c4cccc5oc6nc7ccccc7cc6c45)c4ccccc34)n2)cc1. The molecule has 6 aromatic carbocycles. The van der Waals surface area contributed by atoms with Gasteiger partial charge in [-0.2, -0.15) is 0 Å². The predicted octanol–water partition coefficient (Wildman–Crippen LogP) is 10.1. The van der Waals surface area contributed by atoms with Crippen LogP contribution >= 0.6 is 0 Å². The van der Waals surface area contributed by atoms with Crippen molar-refractivity contribution in [1.82, 2.24) is 19.9 Å². The molecular weight excluding hydrogens is 552 g/mol. The minimum Gasteiger partial charge on any atom is -0.438 e. The quantitative estimate of drug-likeness (QED) is 0.209. The molecule has 0 saturated carbocycles. The smallest absolute Gasteiger partial charge is 0.227 e. The van der Waals surface area contributed by atoms with Gasteiger partial charge in [-0.3, -0.25) is 0 Å².